The Morgan fingerprint density at radius 1 is 1.29 bits per heavy atom. The van der Waals surface area contributed by atoms with Gasteiger partial charge in [-0.2, -0.15) is 0 Å². The number of carbonyl (C=O) groups is 4. The van der Waals surface area contributed by atoms with E-state index in [4.69, 9.17) is 5.11 Å². The average molecular weight is 297 g/mol. The van der Waals surface area contributed by atoms with Gasteiger partial charge < -0.3 is 15.3 Å². The van der Waals surface area contributed by atoms with Gasteiger partial charge in [-0.05, 0) is 26.7 Å². The molecule has 2 aliphatic heterocycles. The summed E-state index contributed by atoms with van der Waals surface area (Å²) in [5.74, 6) is -2.04. The average Bonchev–Trinajstić information content (AvgIpc) is 2.61. The van der Waals surface area contributed by atoms with Crippen LogP contribution in [0.25, 0.3) is 0 Å². The van der Waals surface area contributed by atoms with Crippen molar-refractivity contribution in [1.82, 2.24) is 15.1 Å². The molecule has 0 aromatic heterocycles. The molecule has 2 saturated heterocycles. The van der Waals surface area contributed by atoms with Crippen LogP contribution < -0.4 is 5.32 Å². The molecule has 0 radical (unpaired) electrons. The van der Waals surface area contributed by atoms with Crippen LogP contribution in [0.4, 0.5) is 4.79 Å². The van der Waals surface area contributed by atoms with Crippen LogP contribution in [0.2, 0.25) is 0 Å². The van der Waals surface area contributed by atoms with Crippen molar-refractivity contribution in [3.63, 3.8) is 0 Å². The lowest BCUT2D eigenvalue weighted by Gasteiger charge is -2.31. The molecule has 0 saturated carbocycles. The van der Waals surface area contributed by atoms with Crippen molar-refractivity contribution in [2.75, 3.05) is 19.6 Å². The van der Waals surface area contributed by atoms with Gasteiger partial charge in [-0.3, -0.25) is 19.3 Å². The van der Waals surface area contributed by atoms with E-state index < -0.39 is 29.4 Å². The maximum absolute atomic E-state index is 12.1. The van der Waals surface area contributed by atoms with Crippen molar-refractivity contribution >= 4 is 23.8 Å². The van der Waals surface area contributed by atoms with Gasteiger partial charge in [0.25, 0.3) is 5.91 Å². The number of carboxylic acid groups (broad SMARTS) is 1. The molecule has 2 rings (SSSR count). The maximum Gasteiger partial charge on any atom is 0.325 e. The summed E-state index contributed by atoms with van der Waals surface area (Å²) < 4.78 is 0. The second-order valence-electron chi connectivity index (χ2n) is 5.94. The van der Waals surface area contributed by atoms with Gasteiger partial charge in [0.1, 0.15) is 12.1 Å². The molecule has 0 bridgehead atoms. The van der Waals surface area contributed by atoms with Crippen LogP contribution >= 0.6 is 0 Å². The number of hydrogen-bond donors (Lipinski definition) is 2. The van der Waals surface area contributed by atoms with Crippen molar-refractivity contribution in [1.29, 1.82) is 0 Å². The van der Waals surface area contributed by atoms with Crippen LogP contribution in [0.15, 0.2) is 0 Å². The molecule has 2 heterocycles. The molecule has 0 spiro atoms. The fourth-order valence-electron chi connectivity index (χ4n) is 2.57. The number of piperidine rings is 1. The highest BCUT2D eigenvalue weighted by atomic mass is 16.4. The second kappa shape index (κ2) is 5.34. The van der Waals surface area contributed by atoms with E-state index >= 15 is 0 Å². The molecule has 21 heavy (non-hydrogen) atoms. The number of nitrogens with one attached hydrogen (secondary N) is 1. The number of imide groups is 1. The van der Waals surface area contributed by atoms with E-state index in [1.165, 1.54) is 4.90 Å². The summed E-state index contributed by atoms with van der Waals surface area (Å²) >= 11 is 0. The molecule has 116 valence electrons. The summed E-state index contributed by atoms with van der Waals surface area (Å²) in [6, 6.07) is -0.571. The standard InChI is InChI=1S/C13H19N3O5/c1-13(2)11(20)16(12(21)14-13)7-9(17)15-5-3-8(4-6-15)10(18)19/h8H,3-7H2,1-2H3,(H,14,21)(H,18,19). The zero-order valence-corrected chi connectivity index (χ0v) is 12.1. The fourth-order valence-corrected chi connectivity index (χ4v) is 2.57. The number of urea groups is 1. The third-order valence-electron chi connectivity index (χ3n) is 3.93. The van der Waals surface area contributed by atoms with Crippen LogP contribution in [-0.4, -0.2) is 63.9 Å². The zero-order valence-electron chi connectivity index (χ0n) is 12.1. The predicted molar refractivity (Wildman–Crippen MR) is 71.3 cm³/mol. The summed E-state index contributed by atoms with van der Waals surface area (Å²) in [5, 5.41) is 11.4. The monoisotopic (exact) mass is 297 g/mol. The minimum Gasteiger partial charge on any atom is -0.481 e. The molecular weight excluding hydrogens is 278 g/mol. The smallest absolute Gasteiger partial charge is 0.325 e. The van der Waals surface area contributed by atoms with Gasteiger partial charge in [0, 0.05) is 13.1 Å². The molecule has 0 aromatic rings. The first-order chi connectivity index (χ1) is 9.72. The first-order valence-corrected chi connectivity index (χ1v) is 6.87. The molecule has 2 aliphatic rings. The van der Waals surface area contributed by atoms with Gasteiger partial charge in [-0.15, -0.1) is 0 Å². The molecule has 4 amide bonds. The highest BCUT2D eigenvalue weighted by Crippen LogP contribution is 2.19. The molecule has 2 fully saturated rings. The minimum absolute atomic E-state index is 0.300. The van der Waals surface area contributed by atoms with Crippen LogP contribution in [0.3, 0.4) is 0 Å². The van der Waals surface area contributed by atoms with Crippen molar-refractivity contribution in [2.24, 2.45) is 5.92 Å². The van der Waals surface area contributed by atoms with E-state index in [1.54, 1.807) is 13.8 Å². The molecule has 0 unspecified atom stereocenters. The number of nitrogens with zero attached hydrogens (tertiary/aromatic N) is 2. The lowest BCUT2D eigenvalue weighted by atomic mass is 9.97. The molecular formula is C13H19N3O5. The summed E-state index contributed by atoms with van der Waals surface area (Å²) in [6.07, 6.45) is 0.791. The molecule has 0 atom stereocenters. The van der Waals surface area contributed by atoms with Crippen LogP contribution in [-0.2, 0) is 14.4 Å². The van der Waals surface area contributed by atoms with Crippen LogP contribution in [0.5, 0.6) is 0 Å². The van der Waals surface area contributed by atoms with Gasteiger partial charge in [0.2, 0.25) is 5.91 Å². The maximum atomic E-state index is 12.1. The predicted octanol–water partition coefficient (Wildman–Crippen LogP) is -0.360. The Labute approximate surface area is 122 Å². The first kappa shape index (κ1) is 15.3. The number of hydrogen-bond acceptors (Lipinski definition) is 4. The van der Waals surface area contributed by atoms with E-state index in [0.29, 0.717) is 25.9 Å². The lowest BCUT2D eigenvalue weighted by Crippen LogP contribution is -2.47. The number of likely N-dealkylation sites (tertiary alicyclic amines) is 1. The second-order valence-corrected chi connectivity index (χ2v) is 5.94. The minimum atomic E-state index is -0.992. The number of rotatable bonds is 3. The lowest BCUT2D eigenvalue weighted by molar-refractivity contribution is -0.146. The zero-order chi connectivity index (χ0) is 15.8. The van der Waals surface area contributed by atoms with Crippen molar-refractivity contribution in [3.05, 3.63) is 0 Å². The van der Waals surface area contributed by atoms with E-state index in [-0.39, 0.29) is 12.5 Å². The van der Waals surface area contributed by atoms with Crippen molar-refractivity contribution in [3.8, 4) is 0 Å². The summed E-state index contributed by atoms with van der Waals surface area (Å²) in [6.45, 7) is 3.53. The van der Waals surface area contributed by atoms with E-state index in [9.17, 15) is 19.2 Å². The first-order valence-electron chi connectivity index (χ1n) is 6.87. The van der Waals surface area contributed by atoms with Gasteiger partial charge in [0.05, 0.1) is 5.92 Å². The summed E-state index contributed by atoms with van der Waals surface area (Å²) in [7, 11) is 0. The highest BCUT2D eigenvalue weighted by molar-refractivity contribution is 6.08. The highest BCUT2D eigenvalue weighted by Gasteiger charge is 2.45. The Bertz CT molecular complexity index is 494. The van der Waals surface area contributed by atoms with Gasteiger partial charge in [-0.1, -0.05) is 0 Å². The third kappa shape index (κ3) is 2.98. The van der Waals surface area contributed by atoms with Crippen molar-refractivity contribution < 1.29 is 24.3 Å². The van der Waals surface area contributed by atoms with Crippen LogP contribution in [0, 0.1) is 5.92 Å². The summed E-state index contributed by atoms with van der Waals surface area (Å²) in [5.41, 5.74) is -0.992. The van der Waals surface area contributed by atoms with Crippen molar-refractivity contribution in [2.45, 2.75) is 32.2 Å². The van der Waals surface area contributed by atoms with E-state index in [2.05, 4.69) is 5.32 Å². The largest absolute Gasteiger partial charge is 0.481 e. The molecule has 0 aliphatic carbocycles. The Morgan fingerprint density at radius 3 is 2.29 bits per heavy atom. The number of carbonyl (C=O) groups excluding carboxylic acids is 3. The quantitative estimate of drug-likeness (QED) is 0.692. The third-order valence-corrected chi connectivity index (χ3v) is 3.93. The molecule has 8 heteroatoms. The summed E-state index contributed by atoms with van der Waals surface area (Å²) in [4.78, 5) is 49.1. The topological polar surface area (TPSA) is 107 Å². The Kier molecular flexibility index (Phi) is 3.89. The molecule has 0 aromatic carbocycles. The van der Waals surface area contributed by atoms with E-state index in [0.717, 1.165) is 4.90 Å². The number of carboxylic acids is 1. The Hall–Kier alpha value is -2.12. The van der Waals surface area contributed by atoms with Gasteiger partial charge in [-0.25, -0.2) is 4.79 Å². The molecule has 2 N–H and O–H groups in total. The van der Waals surface area contributed by atoms with Gasteiger partial charge in [0.15, 0.2) is 0 Å². The number of amides is 4. The fraction of sp³-hybridized carbons (Fsp3) is 0.692. The normalized spacial score (nSPS) is 22.4. The molecule has 8 nitrogen and oxygen atoms in total. The van der Waals surface area contributed by atoms with Gasteiger partial charge >= 0.3 is 12.0 Å². The Balaban J connectivity index is 1.93. The SMILES string of the molecule is CC1(C)NC(=O)N(CC(=O)N2CCC(C(=O)O)CC2)C1=O. The van der Waals surface area contributed by atoms with Crippen LogP contribution in [0.1, 0.15) is 26.7 Å². The number of aliphatic carboxylic acids is 1. The van der Waals surface area contributed by atoms with E-state index in [1.807, 2.05) is 0 Å². The Morgan fingerprint density at radius 2 is 1.86 bits per heavy atom.